The number of halogens is 3. The summed E-state index contributed by atoms with van der Waals surface area (Å²) in [6.45, 7) is 1.28. The number of benzene rings is 1. The highest BCUT2D eigenvalue weighted by molar-refractivity contribution is 6.45. The molecule has 0 saturated carbocycles. The van der Waals surface area contributed by atoms with Gasteiger partial charge in [-0.2, -0.15) is 0 Å². The third kappa shape index (κ3) is 3.20. The highest BCUT2D eigenvalue weighted by Crippen LogP contribution is 2.33. The van der Waals surface area contributed by atoms with Crippen molar-refractivity contribution in [3.05, 3.63) is 57.6 Å². The van der Waals surface area contributed by atoms with Crippen molar-refractivity contribution in [1.82, 2.24) is 4.98 Å². The minimum atomic E-state index is -0.785. The van der Waals surface area contributed by atoms with Crippen molar-refractivity contribution in [2.45, 2.75) is 6.92 Å². The first-order chi connectivity index (χ1) is 9.91. The minimum absolute atomic E-state index is 0.0713. The zero-order valence-corrected chi connectivity index (χ0v) is 12.3. The molecule has 1 N–H and O–H groups in total. The summed E-state index contributed by atoms with van der Waals surface area (Å²) in [5.74, 6) is -1.94. The average Bonchev–Trinajstić information content (AvgIpc) is 2.42. The molecule has 0 spiro atoms. The molecule has 0 fully saturated rings. The topological polar surface area (TPSA) is 59.1 Å². The van der Waals surface area contributed by atoms with Crippen LogP contribution >= 0.6 is 23.2 Å². The summed E-state index contributed by atoms with van der Waals surface area (Å²) < 4.78 is 13.7. The molecule has 2 aromatic rings. The van der Waals surface area contributed by atoms with Crippen molar-refractivity contribution in [2.24, 2.45) is 0 Å². The van der Waals surface area contributed by atoms with Gasteiger partial charge in [0, 0.05) is 13.1 Å². The fourth-order valence-corrected chi connectivity index (χ4v) is 2.15. The van der Waals surface area contributed by atoms with Crippen LogP contribution in [0.5, 0.6) is 0 Å². The zero-order chi connectivity index (χ0) is 15.6. The molecule has 1 amide bonds. The largest absolute Gasteiger partial charge is 0.326 e. The molecule has 0 aliphatic rings. The molecule has 0 aliphatic carbocycles. The van der Waals surface area contributed by atoms with E-state index in [0.717, 1.165) is 6.07 Å². The number of anilines is 1. The van der Waals surface area contributed by atoms with Crippen LogP contribution < -0.4 is 5.32 Å². The Bertz CT molecular complexity index is 735. The van der Waals surface area contributed by atoms with Crippen LogP contribution in [0.25, 0.3) is 0 Å². The number of pyridine rings is 1. The molecule has 1 aromatic heterocycles. The number of ketones is 1. The fraction of sp³-hybridized carbons (Fsp3) is 0.0714. The molecule has 0 saturated heterocycles. The van der Waals surface area contributed by atoms with Crippen LogP contribution in [-0.2, 0) is 4.79 Å². The number of nitrogens with zero attached hydrogens (tertiary/aromatic N) is 1. The van der Waals surface area contributed by atoms with Gasteiger partial charge in [-0.1, -0.05) is 23.2 Å². The fourth-order valence-electron chi connectivity index (χ4n) is 1.74. The third-order valence-electron chi connectivity index (χ3n) is 2.61. The van der Waals surface area contributed by atoms with Gasteiger partial charge in [-0.25, -0.2) is 9.37 Å². The third-order valence-corrected chi connectivity index (χ3v) is 3.41. The van der Waals surface area contributed by atoms with Gasteiger partial charge in [-0.05, 0) is 24.3 Å². The number of rotatable bonds is 3. The molecule has 21 heavy (non-hydrogen) atoms. The second-order valence-corrected chi connectivity index (χ2v) is 4.91. The zero-order valence-electron chi connectivity index (χ0n) is 10.8. The first-order valence-corrected chi connectivity index (χ1v) is 6.58. The van der Waals surface area contributed by atoms with Crippen LogP contribution in [0.3, 0.4) is 0 Å². The summed E-state index contributed by atoms with van der Waals surface area (Å²) in [6, 6.07) is 5.32. The van der Waals surface area contributed by atoms with E-state index < -0.39 is 23.2 Å². The highest BCUT2D eigenvalue weighted by Gasteiger charge is 2.23. The molecular weight excluding hydrogens is 318 g/mol. The lowest BCUT2D eigenvalue weighted by molar-refractivity contribution is -0.114. The van der Waals surface area contributed by atoms with Crippen molar-refractivity contribution in [3.63, 3.8) is 0 Å². The summed E-state index contributed by atoms with van der Waals surface area (Å²) >= 11 is 11.9. The number of hydrogen-bond acceptors (Lipinski definition) is 3. The van der Waals surface area contributed by atoms with Crippen LogP contribution in [-0.4, -0.2) is 16.7 Å². The van der Waals surface area contributed by atoms with E-state index in [1.54, 1.807) is 0 Å². The second-order valence-electron chi connectivity index (χ2n) is 4.13. The SMILES string of the molecule is CC(=O)Nc1ccc(Cl)c(Cl)c1C(=O)c1ncccc1F. The van der Waals surface area contributed by atoms with Gasteiger partial charge in [-0.15, -0.1) is 0 Å². The number of nitrogens with one attached hydrogen (secondary N) is 1. The van der Waals surface area contributed by atoms with Gasteiger partial charge in [0.25, 0.3) is 0 Å². The van der Waals surface area contributed by atoms with Crippen LogP contribution in [0, 0.1) is 5.82 Å². The average molecular weight is 327 g/mol. The van der Waals surface area contributed by atoms with E-state index in [1.807, 2.05) is 0 Å². The highest BCUT2D eigenvalue weighted by atomic mass is 35.5. The summed E-state index contributed by atoms with van der Waals surface area (Å²) in [5.41, 5.74) is -0.350. The van der Waals surface area contributed by atoms with Crippen LogP contribution in [0.1, 0.15) is 23.0 Å². The predicted molar refractivity (Wildman–Crippen MR) is 78.4 cm³/mol. The van der Waals surface area contributed by atoms with Gasteiger partial charge < -0.3 is 5.32 Å². The Morgan fingerprint density at radius 1 is 1.24 bits per heavy atom. The lowest BCUT2D eigenvalue weighted by Crippen LogP contribution is -2.14. The number of hydrogen-bond donors (Lipinski definition) is 1. The lowest BCUT2D eigenvalue weighted by atomic mass is 10.0. The summed E-state index contributed by atoms with van der Waals surface area (Å²) in [5, 5.41) is 2.50. The van der Waals surface area contributed by atoms with Gasteiger partial charge in [0.15, 0.2) is 5.82 Å². The Hall–Kier alpha value is -1.98. The van der Waals surface area contributed by atoms with E-state index in [1.165, 1.54) is 31.3 Å². The number of aromatic nitrogens is 1. The molecule has 0 radical (unpaired) electrons. The van der Waals surface area contributed by atoms with Crippen LogP contribution in [0.2, 0.25) is 10.0 Å². The van der Waals surface area contributed by atoms with E-state index in [-0.39, 0.29) is 21.3 Å². The predicted octanol–water partition coefficient (Wildman–Crippen LogP) is 3.72. The molecule has 7 heteroatoms. The molecular formula is C14H9Cl2FN2O2. The molecule has 0 unspecified atom stereocenters. The standard InChI is InChI=1S/C14H9Cl2FN2O2/c1-7(20)19-10-5-4-8(15)12(16)11(10)14(21)13-9(17)3-2-6-18-13/h2-6H,1H3,(H,19,20). The van der Waals surface area contributed by atoms with Gasteiger partial charge >= 0.3 is 0 Å². The molecule has 108 valence electrons. The maximum atomic E-state index is 13.7. The lowest BCUT2D eigenvalue weighted by Gasteiger charge is -2.12. The van der Waals surface area contributed by atoms with E-state index in [0.29, 0.717) is 0 Å². The van der Waals surface area contributed by atoms with E-state index in [4.69, 9.17) is 23.2 Å². The molecule has 0 bridgehead atoms. The monoisotopic (exact) mass is 326 g/mol. The van der Waals surface area contributed by atoms with Crippen LogP contribution in [0.4, 0.5) is 10.1 Å². The molecule has 0 aliphatic heterocycles. The van der Waals surface area contributed by atoms with E-state index in [2.05, 4.69) is 10.3 Å². The molecule has 1 heterocycles. The van der Waals surface area contributed by atoms with Gasteiger partial charge in [0.05, 0.1) is 21.3 Å². The Morgan fingerprint density at radius 2 is 1.95 bits per heavy atom. The number of carbonyl (C=O) groups is 2. The van der Waals surface area contributed by atoms with Gasteiger partial charge in [0.1, 0.15) is 5.69 Å². The van der Waals surface area contributed by atoms with Crippen molar-refractivity contribution in [3.8, 4) is 0 Å². The maximum Gasteiger partial charge on any atom is 0.221 e. The Balaban J connectivity index is 2.61. The Morgan fingerprint density at radius 3 is 2.57 bits per heavy atom. The van der Waals surface area contributed by atoms with Crippen molar-refractivity contribution < 1.29 is 14.0 Å². The number of carbonyl (C=O) groups excluding carboxylic acids is 2. The number of amides is 1. The molecule has 1 aromatic carbocycles. The first kappa shape index (κ1) is 15.4. The smallest absolute Gasteiger partial charge is 0.221 e. The summed E-state index contributed by atoms with van der Waals surface area (Å²) in [6.07, 6.45) is 1.28. The van der Waals surface area contributed by atoms with Crippen molar-refractivity contribution >= 4 is 40.6 Å². The van der Waals surface area contributed by atoms with E-state index in [9.17, 15) is 14.0 Å². The molecule has 0 atom stereocenters. The maximum absolute atomic E-state index is 13.7. The summed E-state index contributed by atoms with van der Waals surface area (Å²) in [4.78, 5) is 27.4. The molecule has 2 rings (SSSR count). The minimum Gasteiger partial charge on any atom is -0.326 e. The van der Waals surface area contributed by atoms with Gasteiger partial charge in [0.2, 0.25) is 11.7 Å². The molecule has 4 nitrogen and oxygen atoms in total. The van der Waals surface area contributed by atoms with Crippen LogP contribution in [0.15, 0.2) is 30.5 Å². The van der Waals surface area contributed by atoms with Crippen molar-refractivity contribution in [2.75, 3.05) is 5.32 Å². The van der Waals surface area contributed by atoms with Crippen molar-refractivity contribution in [1.29, 1.82) is 0 Å². The first-order valence-electron chi connectivity index (χ1n) is 5.82. The van der Waals surface area contributed by atoms with Gasteiger partial charge in [-0.3, -0.25) is 9.59 Å². The summed E-state index contributed by atoms with van der Waals surface area (Å²) in [7, 11) is 0. The Kier molecular flexibility index (Phi) is 4.55. The second kappa shape index (κ2) is 6.20. The normalized spacial score (nSPS) is 10.3. The Labute approximate surface area is 129 Å². The quantitative estimate of drug-likeness (QED) is 0.874. The van der Waals surface area contributed by atoms with E-state index >= 15 is 0 Å².